The Kier molecular flexibility index (Phi) is 28.5. The number of hydrogen-bond donors (Lipinski definition) is 16. The van der Waals surface area contributed by atoms with Gasteiger partial charge in [0.15, 0.2) is 5.96 Å². The van der Waals surface area contributed by atoms with E-state index in [0.29, 0.717) is 6.42 Å². The monoisotopic (exact) mass is 1000 g/mol. The van der Waals surface area contributed by atoms with Gasteiger partial charge in [0.25, 0.3) is 0 Å². The van der Waals surface area contributed by atoms with Gasteiger partial charge in [-0.05, 0) is 43.4 Å². The zero-order valence-corrected chi connectivity index (χ0v) is 40.2. The first kappa shape index (κ1) is 62.8. The van der Waals surface area contributed by atoms with Crippen LogP contribution in [-0.2, 0) is 57.5 Å². The van der Waals surface area contributed by atoms with E-state index < -0.39 is 164 Å². The molecule has 0 unspecified atom stereocenters. The second-order valence-corrected chi connectivity index (χ2v) is 17.2. The van der Waals surface area contributed by atoms with E-state index in [-0.39, 0.29) is 43.6 Å². The highest BCUT2D eigenvalue weighted by Crippen LogP contribution is 2.11. The molecule has 29 nitrogen and oxygen atoms in total. The number of carboxylic acids is 2. The lowest BCUT2D eigenvalue weighted by atomic mass is 9.98. The predicted molar refractivity (Wildman–Crippen MR) is 247 cm³/mol. The first-order valence-electron chi connectivity index (χ1n) is 22.4. The number of nitrogens with one attached hydrogen (secondary N) is 8. The number of nitrogens with zero attached hydrogens (tertiary/aromatic N) is 1. The quantitative estimate of drug-likeness (QED) is 0.0162. The lowest BCUT2D eigenvalue weighted by Crippen LogP contribution is -2.60. The lowest BCUT2D eigenvalue weighted by molar-refractivity contribution is -0.143. The zero-order valence-electron chi connectivity index (χ0n) is 40.2. The van der Waals surface area contributed by atoms with Crippen molar-refractivity contribution in [2.45, 2.75) is 141 Å². The van der Waals surface area contributed by atoms with Crippen LogP contribution in [0.3, 0.4) is 0 Å². The Balaban J connectivity index is 6.28. The number of rotatable bonds is 34. The maximum Gasteiger partial charge on any atom is 0.328 e. The molecule has 10 amide bonds. The first-order chi connectivity index (χ1) is 32.5. The Bertz CT molecular complexity index is 1900. The summed E-state index contributed by atoms with van der Waals surface area (Å²) in [6.45, 7) is 8.12. The molecule has 0 heterocycles. The standard InChI is InChI=1S/C41H72N14O15/c1-7-20(6)31(44)38(67)50-21(9-8-12-47-41(45)46)34(63)55-32(19(4)5)39(68)51-22(10-11-30(60)61)33(62)48-16-29(59)49-24(14-27(42)57)36(65)53-25(15-28(43)58)37(66)52-23(13-18(2)3)35(64)54-26(17-56)40(69)70/h18-26,31-32,56H,7-17,44H2,1-6H3,(H2,42,57)(H2,43,58)(H,48,62)(H,49,59)(H,50,67)(H,51,68)(H,52,66)(H,53,65)(H,54,64)(H,55,63)(H,60,61)(H,69,70)(H4,45,46,47)/t20-,21-,22-,23-,24-,25-,26-,31-,32-/m0/s1. The van der Waals surface area contributed by atoms with Crippen LogP contribution in [0, 0.1) is 17.8 Å². The van der Waals surface area contributed by atoms with Gasteiger partial charge in [0.1, 0.15) is 42.3 Å². The topological polar surface area (TPSA) is 504 Å². The number of aliphatic imine (C=N–C) groups is 1. The van der Waals surface area contributed by atoms with Gasteiger partial charge < -0.3 is 86.5 Å². The van der Waals surface area contributed by atoms with Crippen LogP contribution in [0.5, 0.6) is 0 Å². The van der Waals surface area contributed by atoms with Gasteiger partial charge >= 0.3 is 11.9 Å². The number of aliphatic hydroxyl groups excluding tert-OH is 1. The summed E-state index contributed by atoms with van der Waals surface area (Å²) in [4.78, 5) is 157. The van der Waals surface area contributed by atoms with Gasteiger partial charge in [0, 0.05) is 13.0 Å². The molecule has 0 spiro atoms. The molecule has 29 heteroatoms. The van der Waals surface area contributed by atoms with Crippen molar-refractivity contribution in [1.82, 2.24) is 42.5 Å². The minimum atomic E-state index is -1.87. The van der Waals surface area contributed by atoms with E-state index in [1.54, 1.807) is 34.6 Å². The molecule has 396 valence electrons. The molecule has 0 fully saturated rings. The number of carbonyl (C=O) groups is 12. The summed E-state index contributed by atoms with van der Waals surface area (Å²) >= 11 is 0. The van der Waals surface area contributed by atoms with Gasteiger partial charge in [0.2, 0.25) is 59.1 Å². The molecular formula is C41H72N14O15. The van der Waals surface area contributed by atoms with Crippen molar-refractivity contribution in [2.75, 3.05) is 19.7 Å². The van der Waals surface area contributed by atoms with E-state index in [2.05, 4.69) is 47.5 Å². The van der Waals surface area contributed by atoms with Crippen LogP contribution in [0.2, 0.25) is 0 Å². The molecule has 0 aromatic heterocycles. The average molecular weight is 1000 g/mol. The number of carboxylic acid groups (broad SMARTS) is 2. The van der Waals surface area contributed by atoms with Gasteiger partial charge in [-0.3, -0.25) is 57.7 Å². The summed E-state index contributed by atoms with van der Waals surface area (Å²) < 4.78 is 0. The van der Waals surface area contributed by atoms with Gasteiger partial charge in [-0.15, -0.1) is 0 Å². The third-order valence-corrected chi connectivity index (χ3v) is 10.3. The van der Waals surface area contributed by atoms with E-state index in [1.165, 1.54) is 0 Å². The number of amides is 10. The number of guanidine groups is 1. The molecular weight excluding hydrogens is 929 g/mol. The van der Waals surface area contributed by atoms with Crippen LogP contribution in [0.1, 0.15) is 92.9 Å². The van der Waals surface area contributed by atoms with E-state index >= 15 is 0 Å². The van der Waals surface area contributed by atoms with Crippen LogP contribution in [-0.4, -0.2) is 160 Å². The Morgan fingerprint density at radius 1 is 0.571 bits per heavy atom. The van der Waals surface area contributed by atoms with Crippen LogP contribution in [0.15, 0.2) is 4.99 Å². The second kappa shape index (κ2) is 31.8. The summed E-state index contributed by atoms with van der Waals surface area (Å²) in [6, 6.07) is -12.1. The third-order valence-electron chi connectivity index (χ3n) is 10.3. The van der Waals surface area contributed by atoms with Crippen LogP contribution in [0.4, 0.5) is 0 Å². The molecule has 0 aliphatic heterocycles. The molecule has 0 saturated carbocycles. The summed E-state index contributed by atoms with van der Waals surface area (Å²) in [5.41, 5.74) is 27.4. The molecule has 0 aliphatic carbocycles. The molecule has 0 saturated heterocycles. The smallest absolute Gasteiger partial charge is 0.328 e. The minimum Gasteiger partial charge on any atom is -0.481 e. The van der Waals surface area contributed by atoms with E-state index in [9.17, 15) is 72.9 Å². The Morgan fingerprint density at radius 3 is 1.51 bits per heavy atom. The van der Waals surface area contributed by atoms with Crippen LogP contribution >= 0.6 is 0 Å². The highest BCUT2D eigenvalue weighted by atomic mass is 16.4. The summed E-state index contributed by atoms with van der Waals surface area (Å²) in [5.74, 6) is -14.8. The first-order valence-corrected chi connectivity index (χ1v) is 22.4. The number of hydrogen-bond acceptors (Lipinski definition) is 15. The third kappa shape index (κ3) is 24.7. The fourth-order valence-electron chi connectivity index (χ4n) is 6.20. The Labute approximate surface area is 404 Å². The highest BCUT2D eigenvalue weighted by Gasteiger charge is 2.35. The molecule has 0 radical (unpaired) electrons. The summed E-state index contributed by atoms with van der Waals surface area (Å²) in [7, 11) is 0. The normalized spacial score (nSPS) is 14.8. The largest absolute Gasteiger partial charge is 0.481 e. The van der Waals surface area contributed by atoms with Gasteiger partial charge in [-0.2, -0.15) is 0 Å². The molecule has 0 aromatic carbocycles. The van der Waals surface area contributed by atoms with Crippen molar-refractivity contribution in [2.24, 2.45) is 51.4 Å². The molecule has 0 aromatic rings. The zero-order chi connectivity index (χ0) is 54.0. The second-order valence-electron chi connectivity index (χ2n) is 17.2. The maximum atomic E-state index is 13.7. The predicted octanol–water partition coefficient (Wildman–Crippen LogP) is -6.68. The molecule has 21 N–H and O–H groups in total. The van der Waals surface area contributed by atoms with Gasteiger partial charge in [-0.1, -0.05) is 48.0 Å². The van der Waals surface area contributed by atoms with E-state index in [4.69, 9.17) is 28.7 Å². The molecule has 0 aliphatic rings. The number of aliphatic carboxylic acids is 2. The lowest BCUT2D eigenvalue weighted by Gasteiger charge is -2.28. The summed E-state index contributed by atoms with van der Waals surface area (Å²) in [5, 5.41) is 46.2. The molecule has 0 rings (SSSR count). The van der Waals surface area contributed by atoms with Crippen molar-refractivity contribution in [3.63, 3.8) is 0 Å². The van der Waals surface area contributed by atoms with Crippen LogP contribution < -0.4 is 71.2 Å². The van der Waals surface area contributed by atoms with Crippen molar-refractivity contribution >= 4 is 77.0 Å². The van der Waals surface area contributed by atoms with Crippen LogP contribution in [0.25, 0.3) is 0 Å². The van der Waals surface area contributed by atoms with E-state index in [0.717, 1.165) is 0 Å². The Hall–Kier alpha value is -7.17. The molecule has 70 heavy (non-hydrogen) atoms. The van der Waals surface area contributed by atoms with Crippen molar-refractivity contribution in [1.29, 1.82) is 0 Å². The molecule has 9 atom stereocenters. The molecule has 0 bridgehead atoms. The van der Waals surface area contributed by atoms with E-state index in [1.807, 2.05) is 6.92 Å². The fourth-order valence-corrected chi connectivity index (χ4v) is 6.20. The number of primary amides is 2. The van der Waals surface area contributed by atoms with Crippen molar-refractivity contribution in [3.8, 4) is 0 Å². The van der Waals surface area contributed by atoms with Gasteiger partial charge in [0.05, 0.1) is 32.0 Å². The van der Waals surface area contributed by atoms with Gasteiger partial charge in [-0.25, -0.2) is 4.79 Å². The van der Waals surface area contributed by atoms with Crippen molar-refractivity contribution in [3.05, 3.63) is 0 Å². The summed E-state index contributed by atoms with van der Waals surface area (Å²) in [6.07, 6.45) is -2.29. The van der Waals surface area contributed by atoms with Crippen molar-refractivity contribution < 1.29 is 72.9 Å². The number of carbonyl (C=O) groups excluding carboxylic acids is 10. The average Bonchev–Trinajstić information content (AvgIpc) is 3.26. The number of nitrogens with two attached hydrogens (primary N) is 5. The fraction of sp³-hybridized carbons (Fsp3) is 0.683. The SMILES string of the molecule is CC[C@H](C)[C@H](N)C(=O)N[C@@H](CCCN=C(N)N)C(=O)N[C@H](C(=O)N[C@@H](CCC(=O)O)C(=O)NCC(=O)N[C@@H](CC(N)=O)C(=O)N[C@@H](CC(N)=O)C(=O)N[C@@H](CC(C)C)C(=O)N[C@@H](CO)C(=O)O)C(C)C. The number of aliphatic hydroxyl groups is 1. The highest BCUT2D eigenvalue weighted by molar-refractivity contribution is 5.99. The Morgan fingerprint density at radius 2 is 1.04 bits per heavy atom. The minimum absolute atomic E-state index is 0.00848. The maximum absolute atomic E-state index is 13.7.